The van der Waals surface area contributed by atoms with Crippen molar-refractivity contribution in [2.75, 3.05) is 145 Å². The molecular weight excluding hydrogens is 1600 g/mol. The molecule has 0 spiro atoms. The van der Waals surface area contributed by atoms with Gasteiger partial charge in [0.1, 0.15) is 29.4 Å². The van der Waals surface area contributed by atoms with Gasteiger partial charge in [-0.2, -0.15) is 0 Å². The van der Waals surface area contributed by atoms with Crippen LogP contribution in [-0.2, 0) is 87.2 Å². The Kier molecular flexibility index (Phi) is 30.3. The molecule has 4 aromatic carbocycles. The molecule has 7 aromatic rings. The van der Waals surface area contributed by atoms with Crippen LogP contribution >= 0.6 is 0 Å². The topological polar surface area (TPSA) is 445 Å². The molecule has 5 heterocycles. The average Bonchev–Trinajstić information content (AvgIpc) is 1.61. The van der Waals surface area contributed by atoms with Crippen LogP contribution in [-0.4, -0.2) is 258 Å². The summed E-state index contributed by atoms with van der Waals surface area (Å²) >= 11 is 0. The third-order valence-electron chi connectivity index (χ3n) is 19.2. The van der Waals surface area contributed by atoms with E-state index in [-0.39, 0.29) is 135 Å². The van der Waals surface area contributed by atoms with Crippen LogP contribution in [0.5, 0.6) is 0 Å². The first-order valence-electron chi connectivity index (χ1n) is 36.1. The number of hydrogen-bond acceptors (Lipinski definition) is 25. The van der Waals surface area contributed by atoms with Crippen LogP contribution in [0.25, 0.3) is 89.7 Å². The molecule has 0 aliphatic carbocycles. The number of nitrogens with zero attached hydrogens (tertiary/aromatic N) is 13. The molecule has 34 nitrogen and oxygen atoms in total. The molecular formula is C67H98CuN20O14S7. The summed E-state index contributed by atoms with van der Waals surface area (Å²) in [6.07, 6.45) is 1.08. The molecule has 8 bridgehead atoms. The summed E-state index contributed by atoms with van der Waals surface area (Å²) in [5.74, 6) is -1.60. The molecule has 0 atom stereocenters. The molecule has 2 aliphatic rings. The average molecular weight is 1700 g/mol. The summed E-state index contributed by atoms with van der Waals surface area (Å²) in [6.45, 7) is 27.2. The van der Waals surface area contributed by atoms with Gasteiger partial charge >= 0.3 is 17.1 Å². The van der Waals surface area contributed by atoms with Gasteiger partial charge < -0.3 is 54.4 Å². The minimum Gasteiger partial charge on any atom is -0.357 e. The maximum absolute atomic E-state index is 15.1. The fourth-order valence-corrected chi connectivity index (χ4v) is 21.9. The molecule has 0 saturated heterocycles. The van der Waals surface area contributed by atoms with Crippen LogP contribution < -0.4 is 43.0 Å². The van der Waals surface area contributed by atoms with Crippen molar-refractivity contribution in [1.82, 2.24) is 97.4 Å². The number of fused-ring (bicyclic) bond motifs is 20. The Balaban J connectivity index is 0.0000150. The summed E-state index contributed by atoms with van der Waals surface area (Å²) in [5.41, 5.74) is -2.16. The van der Waals surface area contributed by atoms with Crippen molar-refractivity contribution in [3.05, 3.63) is 54.6 Å². The second-order valence-corrected chi connectivity index (χ2v) is 37.7. The molecule has 42 heteroatoms. The Morgan fingerprint density at radius 2 is 0.541 bits per heavy atom. The van der Waals surface area contributed by atoms with Gasteiger partial charge in [-0.15, -0.1) is 0 Å². The number of hydrogen-bond donors (Lipinski definition) is 7. The van der Waals surface area contributed by atoms with E-state index in [0.717, 1.165) is 63.6 Å². The SMILES string of the molecule is CCN(CC)CCCNS(=O)(=O)c1ccc2c3nc4nc(nc5[n-]c(nc6nc(nc([n-]3)c2c1)-c1cc(S(=O)(=O)NCCCN(CC)CC)c(S(=O)(=O)NCCN(CC)CC)cc1-6)c1cc(S(=O)(=O)NCCN(CC)CC)c(S(=O)(=O)NCCCN(CC)CC)cc51)-c1cc(S(=O)(=O)NC)c(S(=O)(=O)NC)cc1-4.[Cu+2]. The van der Waals surface area contributed by atoms with E-state index >= 15 is 33.7 Å². The van der Waals surface area contributed by atoms with Crippen molar-refractivity contribution in [2.45, 2.75) is 123 Å². The van der Waals surface area contributed by atoms with E-state index in [9.17, 15) is 25.3 Å². The number of benzene rings is 4. The molecule has 1 radical (unpaired) electrons. The molecule has 3 aromatic heterocycles. The fourth-order valence-electron chi connectivity index (χ4n) is 12.6. The maximum Gasteiger partial charge on any atom is 2.00 e. The van der Waals surface area contributed by atoms with Crippen molar-refractivity contribution < 1.29 is 76.0 Å². The largest absolute Gasteiger partial charge is 2.00 e. The maximum atomic E-state index is 15.1. The van der Waals surface area contributed by atoms with Gasteiger partial charge in [-0.3, -0.25) is 0 Å². The Hall–Kier alpha value is -6.07. The molecule has 109 heavy (non-hydrogen) atoms. The van der Waals surface area contributed by atoms with Crippen LogP contribution in [0.4, 0.5) is 0 Å². The summed E-state index contributed by atoms with van der Waals surface area (Å²) in [5, 5.41) is -0.337. The first-order valence-corrected chi connectivity index (χ1v) is 46.4. The molecule has 7 N–H and O–H groups in total. The van der Waals surface area contributed by atoms with Crippen LogP contribution in [0, 0.1) is 0 Å². The van der Waals surface area contributed by atoms with Crippen molar-refractivity contribution in [3.63, 3.8) is 0 Å². The van der Waals surface area contributed by atoms with Gasteiger partial charge in [-0.1, -0.05) is 75.3 Å². The first-order chi connectivity index (χ1) is 51.2. The number of aromatic nitrogens is 8. The predicted molar refractivity (Wildman–Crippen MR) is 415 cm³/mol. The standard InChI is InChI=1S/C67H98N20O14S7.Cu/c1-13-83(14-2)33-23-28-70-102(88,89)45-26-27-46-47(38-45)61-75-60(46)76-62-48-39-54(103(90,91)68-11)55(104(92,93)69-12)40-49(48)63(78-62)79-65-51-42-57(106(96,97)72-30-25-35-85(17-5)18-6)59(108(100,101)74-32-37-87(21-9)22-10)44-53(51)67(81-65)82-66-52-43-58(107(98,99)73-31-36-86(19-7)20-8)56(41-50(52)64(77-61)80-66)105(94,95)71-29-24-34-84(15-3)16-4;/h26-27,38-44,68-74H,13-25,28-37H2,1-12H3;/q-2;+2. The molecule has 0 saturated carbocycles. The van der Waals surface area contributed by atoms with Gasteiger partial charge in [0.05, 0.1) is 28.2 Å². The third-order valence-corrected chi connectivity index (χ3v) is 29.9. The van der Waals surface area contributed by atoms with E-state index in [4.69, 9.17) is 39.9 Å². The molecule has 0 fully saturated rings. The molecule has 0 unspecified atom stereocenters. The Morgan fingerprint density at radius 3 is 0.835 bits per heavy atom. The summed E-state index contributed by atoms with van der Waals surface area (Å²) in [6, 6.07) is 10.1. The van der Waals surface area contributed by atoms with Gasteiger partial charge in [0.15, 0.2) is 0 Å². The van der Waals surface area contributed by atoms with E-state index in [2.05, 4.69) is 47.8 Å². The smallest absolute Gasteiger partial charge is 0.357 e. The van der Waals surface area contributed by atoms with Crippen molar-refractivity contribution in [3.8, 4) is 45.6 Å². The molecule has 0 amide bonds. The molecule has 9 rings (SSSR count). The minimum absolute atomic E-state index is 0. The van der Waals surface area contributed by atoms with E-state index in [0.29, 0.717) is 91.3 Å². The monoisotopic (exact) mass is 1690 g/mol. The van der Waals surface area contributed by atoms with Crippen LogP contribution in [0.3, 0.4) is 0 Å². The zero-order valence-corrected chi connectivity index (χ0v) is 69.8. The van der Waals surface area contributed by atoms with Gasteiger partial charge in [0.2, 0.25) is 70.2 Å². The Labute approximate surface area is 650 Å². The van der Waals surface area contributed by atoms with Gasteiger partial charge in [-0.25, -0.2) is 102 Å². The number of rotatable bonds is 42. The van der Waals surface area contributed by atoms with E-state index in [1.165, 1.54) is 18.2 Å². The minimum atomic E-state index is -4.87. The van der Waals surface area contributed by atoms with Gasteiger partial charge in [0, 0.05) is 90.7 Å². The second-order valence-electron chi connectivity index (χ2n) is 25.3. The van der Waals surface area contributed by atoms with Crippen LogP contribution in [0.15, 0.2) is 88.9 Å². The quantitative estimate of drug-likeness (QED) is 0.0213. The normalized spacial score (nSPS) is 13.3. The second kappa shape index (κ2) is 37.3. The van der Waals surface area contributed by atoms with Crippen molar-refractivity contribution in [2.24, 2.45) is 0 Å². The van der Waals surface area contributed by atoms with Crippen molar-refractivity contribution in [1.29, 1.82) is 0 Å². The summed E-state index contributed by atoms with van der Waals surface area (Å²) < 4.78 is 223. The van der Waals surface area contributed by atoms with E-state index in [1.54, 1.807) is 0 Å². The van der Waals surface area contributed by atoms with Crippen molar-refractivity contribution >= 4 is 114 Å². The summed E-state index contributed by atoms with van der Waals surface area (Å²) in [7, 11) is -31.0. The summed E-state index contributed by atoms with van der Waals surface area (Å²) in [4.78, 5) is 44.4. The third kappa shape index (κ3) is 20.1. The zero-order chi connectivity index (χ0) is 78.9. The number of nitrogens with one attached hydrogen (secondary N) is 7. The molecule has 603 valence electrons. The Bertz CT molecular complexity index is 5490. The zero-order valence-electron chi connectivity index (χ0n) is 63.1. The number of sulfonamides is 7. The van der Waals surface area contributed by atoms with Gasteiger partial charge in [-0.05, 0) is 189 Å². The van der Waals surface area contributed by atoms with Crippen LogP contribution in [0.2, 0.25) is 0 Å². The first kappa shape index (κ1) is 88.5. The van der Waals surface area contributed by atoms with E-state index < -0.39 is 122 Å². The molecule has 2 aliphatic heterocycles. The fraction of sp³-hybridized carbons (Fsp3) is 0.522. The Morgan fingerprint density at radius 1 is 0.294 bits per heavy atom. The predicted octanol–water partition coefficient (Wildman–Crippen LogP) is 3.21. The van der Waals surface area contributed by atoms with Crippen LogP contribution in [0.1, 0.15) is 88.5 Å². The van der Waals surface area contributed by atoms with Gasteiger partial charge in [0.25, 0.3) is 0 Å². The van der Waals surface area contributed by atoms with E-state index in [1.807, 2.05) is 79.0 Å². The number of likely N-dealkylation sites (N-methyl/N-ethyl adjacent to an activating group) is 2.